The number of nitrogens with two attached hydrogens (primary N) is 1. The summed E-state index contributed by atoms with van der Waals surface area (Å²) in [5.41, 5.74) is 7.30. The summed E-state index contributed by atoms with van der Waals surface area (Å²) < 4.78 is 6.03. The summed E-state index contributed by atoms with van der Waals surface area (Å²) in [5.74, 6) is 0.530. The highest BCUT2D eigenvalue weighted by Gasteiger charge is 2.33. The van der Waals surface area contributed by atoms with Gasteiger partial charge in [-0.3, -0.25) is 4.79 Å². The van der Waals surface area contributed by atoms with Crippen LogP contribution >= 0.6 is 34.4 Å². The maximum Gasteiger partial charge on any atom is 0.236 e. The smallest absolute Gasteiger partial charge is 0.236 e. The molecular weight excluding hydrogens is 402 g/mol. The lowest BCUT2D eigenvalue weighted by Gasteiger charge is -2.33. The SMILES string of the molecule is CCC1(C)Cc2c(sc3nc(SCC(=O)Nc4nccs4)nc(N)c23)CO1. The molecule has 3 aromatic rings. The van der Waals surface area contributed by atoms with Crippen molar-refractivity contribution in [1.82, 2.24) is 15.0 Å². The first kappa shape index (κ1) is 18.6. The van der Waals surface area contributed by atoms with Gasteiger partial charge in [0.2, 0.25) is 5.91 Å². The topological polar surface area (TPSA) is 103 Å². The number of aromatic nitrogens is 3. The summed E-state index contributed by atoms with van der Waals surface area (Å²) in [4.78, 5) is 27.1. The lowest BCUT2D eigenvalue weighted by Crippen LogP contribution is -2.33. The molecule has 0 bridgehead atoms. The van der Waals surface area contributed by atoms with E-state index in [1.807, 2.05) is 5.38 Å². The zero-order chi connectivity index (χ0) is 19.0. The molecule has 4 heterocycles. The van der Waals surface area contributed by atoms with Gasteiger partial charge in [0, 0.05) is 22.9 Å². The highest BCUT2D eigenvalue weighted by Crippen LogP contribution is 2.41. The number of thiazole rings is 1. The molecule has 0 saturated heterocycles. The van der Waals surface area contributed by atoms with Crippen LogP contribution < -0.4 is 11.1 Å². The summed E-state index contributed by atoms with van der Waals surface area (Å²) in [7, 11) is 0. The number of nitrogens with zero attached hydrogens (tertiary/aromatic N) is 3. The largest absolute Gasteiger partial charge is 0.383 e. The van der Waals surface area contributed by atoms with E-state index >= 15 is 0 Å². The minimum Gasteiger partial charge on any atom is -0.383 e. The monoisotopic (exact) mass is 421 g/mol. The fourth-order valence-electron chi connectivity index (χ4n) is 2.94. The molecular formula is C17H19N5O2S3. The van der Waals surface area contributed by atoms with Gasteiger partial charge in [0.1, 0.15) is 10.6 Å². The zero-order valence-corrected chi connectivity index (χ0v) is 17.4. The number of carbonyl (C=O) groups excluding carboxylic acids is 1. The van der Waals surface area contributed by atoms with E-state index in [2.05, 4.69) is 34.1 Å². The summed E-state index contributed by atoms with van der Waals surface area (Å²) in [6, 6.07) is 0. The minimum atomic E-state index is -0.172. The van der Waals surface area contributed by atoms with Crippen LogP contribution in [0.4, 0.5) is 10.9 Å². The molecule has 10 heteroatoms. The van der Waals surface area contributed by atoms with Crippen LogP contribution in [0.2, 0.25) is 0 Å². The molecule has 3 N–H and O–H groups in total. The standard InChI is InChI=1S/C17H19N5O2S3/c1-3-17(2)6-9-10(7-24-17)27-14-12(9)13(18)21-16(22-14)26-8-11(23)20-15-19-4-5-25-15/h4-5H,3,6-8H2,1-2H3,(H2,18,21,22)(H,19,20,23). The Kier molecular flexibility index (Phi) is 5.06. The van der Waals surface area contributed by atoms with Crippen molar-refractivity contribution in [2.45, 2.75) is 44.1 Å². The molecule has 0 saturated carbocycles. The zero-order valence-electron chi connectivity index (χ0n) is 14.9. The Morgan fingerprint density at radius 2 is 2.33 bits per heavy atom. The number of ether oxygens (including phenoxy) is 1. The molecule has 0 aromatic carbocycles. The van der Waals surface area contributed by atoms with Crippen molar-refractivity contribution in [2.75, 3.05) is 16.8 Å². The number of anilines is 2. The normalized spacial score (nSPS) is 19.2. The number of hydrogen-bond donors (Lipinski definition) is 2. The second-order valence-electron chi connectivity index (χ2n) is 6.52. The predicted molar refractivity (Wildman–Crippen MR) is 110 cm³/mol. The van der Waals surface area contributed by atoms with Gasteiger partial charge in [0.25, 0.3) is 0 Å². The van der Waals surface area contributed by atoms with E-state index in [1.165, 1.54) is 33.5 Å². The van der Waals surface area contributed by atoms with Crippen LogP contribution in [0.3, 0.4) is 0 Å². The Balaban J connectivity index is 1.53. The van der Waals surface area contributed by atoms with E-state index in [9.17, 15) is 4.79 Å². The summed E-state index contributed by atoms with van der Waals surface area (Å²) in [6.07, 6.45) is 3.40. The Bertz CT molecular complexity index is 988. The van der Waals surface area contributed by atoms with Crippen molar-refractivity contribution >= 4 is 61.5 Å². The van der Waals surface area contributed by atoms with Gasteiger partial charge in [-0.05, 0) is 18.9 Å². The number of hydrogen-bond acceptors (Lipinski definition) is 9. The number of amides is 1. The Morgan fingerprint density at radius 1 is 1.48 bits per heavy atom. The fraction of sp³-hybridized carbons (Fsp3) is 0.412. The highest BCUT2D eigenvalue weighted by molar-refractivity contribution is 7.99. The summed E-state index contributed by atoms with van der Waals surface area (Å²) in [6.45, 7) is 4.84. The molecule has 1 amide bonds. The molecule has 0 aliphatic carbocycles. The van der Waals surface area contributed by atoms with Crippen LogP contribution in [0, 0.1) is 0 Å². The number of carbonyl (C=O) groups is 1. The van der Waals surface area contributed by atoms with E-state index in [-0.39, 0.29) is 17.3 Å². The molecule has 1 aliphatic heterocycles. The first-order chi connectivity index (χ1) is 13.0. The molecule has 1 unspecified atom stereocenters. The predicted octanol–water partition coefficient (Wildman–Crippen LogP) is 3.70. The number of nitrogens with one attached hydrogen (secondary N) is 1. The highest BCUT2D eigenvalue weighted by atomic mass is 32.2. The van der Waals surface area contributed by atoms with Gasteiger partial charge in [0.15, 0.2) is 10.3 Å². The van der Waals surface area contributed by atoms with Crippen molar-refractivity contribution in [2.24, 2.45) is 0 Å². The number of rotatable bonds is 5. The van der Waals surface area contributed by atoms with Crippen molar-refractivity contribution in [3.05, 3.63) is 22.0 Å². The van der Waals surface area contributed by atoms with Gasteiger partial charge in [-0.1, -0.05) is 18.7 Å². The Hall–Kier alpha value is -1.75. The van der Waals surface area contributed by atoms with Crippen molar-refractivity contribution < 1.29 is 9.53 Å². The average Bonchev–Trinajstić information content (AvgIpc) is 3.27. The first-order valence-corrected chi connectivity index (χ1v) is 11.2. The Morgan fingerprint density at radius 3 is 3.07 bits per heavy atom. The summed E-state index contributed by atoms with van der Waals surface area (Å²) in [5, 5.41) is 6.59. The van der Waals surface area contributed by atoms with Gasteiger partial charge in [-0.25, -0.2) is 15.0 Å². The molecule has 27 heavy (non-hydrogen) atoms. The number of thioether (sulfide) groups is 1. The first-order valence-electron chi connectivity index (χ1n) is 8.51. The molecule has 3 aromatic heterocycles. The molecule has 1 atom stereocenters. The number of nitrogen functional groups attached to an aromatic ring is 1. The lowest BCUT2D eigenvalue weighted by molar-refractivity contribution is -0.113. The van der Waals surface area contributed by atoms with Gasteiger partial charge in [-0.2, -0.15) is 0 Å². The van der Waals surface area contributed by atoms with E-state index in [1.54, 1.807) is 17.5 Å². The van der Waals surface area contributed by atoms with Crippen molar-refractivity contribution in [3.8, 4) is 0 Å². The molecule has 7 nitrogen and oxygen atoms in total. The second-order valence-corrected chi connectivity index (χ2v) is 9.44. The third-order valence-corrected chi connectivity index (χ3v) is 7.24. The van der Waals surface area contributed by atoms with Crippen LogP contribution in [0.5, 0.6) is 0 Å². The van der Waals surface area contributed by atoms with Crippen LogP contribution in [-0.2, 0) is 22.6 Å². The number of thiophene rings is 1. The van der Waals surface area contributed by atoms with Crippen LogP contribution in [0.1, 0.15) is 30.7 Å². The van der Waals surface area contributed by atoms with E-state index in [0.717, 1.165) is 23.1 Å². The second kappa shape index (κ2) is 7.34. The third kappa shape index (κ3) is 3.79. The lowest BCUT2D eigenvalue weighted by atomic mass is 9.90. The molecule has 4 rings (SSSR count). The van der Waals surface area contributed by atoms with Crippen molar-refractivity contribution in [1.29, 1.82) is 0 Å². The van der Waals surface area contributed by atoms with Crippen LogP contribution in [0.25, 0.3) is 10.2 Å². The molecule has 0 radical (unpaired) electrons. The van der Waals surface area contributed by atoms with Crippen LogP contribution in [0.15, 0.2) is 16.7 Å². The molecule has 1 aliphatic rings. The fourth-order valence-corrected chi connectivity index (χ4v) is 5.31. The molecule has 0 fully saturated rings. The maximum atomic E-state index is 12.0. The molecule has 0 spiro atoms. The van der Waals surface area contributed by atoms with Gasteiger partial charge >= 0.3 is 0 Å². The third-order valence-electron chi connectivity index (χ3n) is 4.60. The van der Waals surface area contributed by atoms with E-state index in [4.69, 9.17) is 10.5 Å². The van der Waals surface area contributed by atoms with E-state index < -0.39 is 0 Å². The quantitative estimate of drug-likeness (QED) is 0.478. The van der Waals surface area contributed by atoms with Gasteiger partial charge in [-0.15, -0.1) is 22.7 Å². The Labute approximate surface area is 168 Å². The average molecular weight is 422 g/mol. The minimum absolute atomic E-state index is 0.144. The molecule has 142 valence electrons. The van der Waals surface area contributed by atoms with E-state index in [0.29, 0.717) is 22.7 Å². The summed E-state index contributed by atoms with van der Waals surface area (Å²) >= 11 is 4.25. The number of fused-ring (bicyclic) bond motifs is 3. The van der Waals surface area contributed by atoms with Gasteiger partial charge in [0.05, 0.1) is 23.3 Å². The maximum absolute atomic E-state index is 12.0. The van der Waals surface area contributed by atoms with Crippen LogP contribution in [-0.4, -0.2) is 32.2 Å². The van der Waals surface area contributed by atoms with Crippen molar-refractivity contribution in [3.63, 3.8) is 0 Å². The van der Waals surface area contributed by atoms with Gasteiger partial charge < -0.3 is 15.8 Å².